The van der Waals surface area contributed by atoms with Crippen molar-refractivity contribution < 1.29 is 18.6 Å². The predicted octanol–water partition coefficient (Wildman–Crippen LogP) is -0.658. The Bertz CT molecular complexity index is 188. The number of carbonyl (C=O) groups is 2. The Kier molecular flexibility index (Phi) is 10.1. The van der Waals surface area contributed by atoms with Crippen molar-refractivity contribution in [2.45, 2.75) is 12.8 Å². The fourth-order valence-corrected chi connectivity index (χ4v) is 0.875. The normalized spacial score (nSPS) is 9.67. The quantitative estimate of drug-likeness (QED) is 0.338. The predicted molar refractivity (Wildman–Crippen MR) is 62.5 cm³/mol. The third-order valence-corrected chi connectivity index (χ3v) is 1.65. The maximum atomic E-state index is 11.1. The van der Waals surface area contributed by atoms with E-state index in [2.05, 4.69) is 10.6 Å². The summed E-state index contributed by atoms with van der Waals surface area (Å²) in [6.07, 6.45) is 1.74. The van der Waals surface area contributed by atoms with Crippen molar-refractivity contribution in [3.63, 3.8) is 0 Å². The summed E-state index contributed by atoms with van der Waals surface area (Å²) in [7, 11) is 0. The number of amides is 2. The van der Waals surface area contributed by atoms with Crippen LogP contribution in [0.5, 0.6) is 0 Å². The van der Waals surface area contributed by atoms with E-state index in [9.17, 15) is 9.59 Å². The van der Waals surface area contributed by atoms with E-state index in [1.54, 1.807) is 0 Å². The molecule has 0 radical (unpaired) electrons. The van der Waals surface area contributed by atoms with Gasteiger partial charge in [0.2, 0.25) is 12.3 Å². The first-order chi connectivity index (χ1) is 7.31. The molecule has 2 amide bonds. The van der Waals surface area contributed by atoms with Gasteiger partial charge in [0.15, 0.2) is 0 Å². The molecule has 94 valence electrons. The minimum Gasteiger partial charge on any atom is -0.379 e. The second kappa shape index (κ2) is 10.9. The van der Waals surface area contributed by atoms with E-state index in [1.807, 2.05) is 0 Å². The molecule has 0 aliphatic rings. The van der Waals surface area contributed by atoms with Crippen LogP contribution in [0.25, 0.3) is 0 Å². The second-order valence-corrected chi connectivity index (χ2v) is 2.93. The zero-order valence-electron chi connectivity index (χ0n) is 8.83. The van der Waals surface area contributed by atoms with Crippen molar-refractivity contribution in [2.24, 2.45) is 5.73 Å². The smallest absolute Gasteiger partial charge is 0.222 e. The van der Waals surface area contributed by atoms with Gasteiger partial charge < -0.3 is 21.1 Å². The Balaban J connectivity index is -0.000000327. The van der Waals surface area contributed by atoms with Crippen molar-refractivity contribution in [3.05, 3.63) is 0 Å². The van der Waals surface area contributed by atoms with Crippen molar-refractivity contribution in [1.29, 1.82) is 0 Å². The Labute approximate surface area is 94.0 Å². The molecule has 0 saturated carbocycles. The summed E-state index contributed by atoms with van der Waals surface area (Å²) in [4.78, 5) is 21.0. The zero-order chi connectivity index (χ0) is 11.4. The van der Waals surface area contributed by atoms with Gasteiger partial charge in [-0.3, -0.25) is 9.59 Å². The van der Waals surface area contributed by atoms with Crippen molar-refractivity contribution in [1.82, 2.24) is 10.6 Å². The number of carbonyl (C=O) groups excluding carboxylic acids is 2. The first-order valence-corrected chi connectivity index (χ1v) is 5.02. The summed E-state index contributed by atoms with van der Waals surface area (Å²) in [6, 6.07) is 0. The summed E-state index contributed by atoms with van der Waals surface area (Å²) in [5, 5.41) is 5.17. The topological polar surface area (TPSA) is 93.4 Å². The standard InChI is InChI=1S/C9H19N3O3.3H2/c10-3-1-4-12-9(14)2-6-15-7-5-11-8-13;;;/h8H,1-7,10H2,(H,11,13)(H,12,14);3*1H. The molecule has 15 heavy (non-hydrogen) atoms. The molecule has 0 spiro atoms. The van der Waals surface area contributed by atoms with Crippen LogP contribution in [0.2, 0.25) is 0 Å². The molecule has 0 aromatic carbocycles. The van der Waals surface area contributed by atoms with Gasteiger partial charge in [-0.1, -0.05) is 0 Å². The van der Waals surface area contributed by atoms with Crippen LogP contribution in [0.15, 0.2) is 0 Å². The summed E-state index contributed by atoms with van der Waals surface area (Å²) in [6.45, 7) is 2.46. The van der Waals surface area contributed by atoms with Gasteiger partial charge in [-0.05, 0) is 13.0 Å². The fraction of sp³-hybridized carbons (Fsp3) is 0.778. The highest BCUT2D eigenvalue weighted by Crippen LogP contribution is 1.83. The minimum absolute atomic E-state index is 0. The summed E-state index contributed by atoms with van der Waals surface area (Å²) in [5.41, 5.74) is 5.27. The molecule has 6 nitrogen and oxygen atoms in total. The zero-order valence-corrected chi connectivity index (χ0v) is 8.83. The third kappa shape index (κ3) is 10.8. The monoisotopic (exact) mass is 223 g/mol. The Morgan fingerprint density at radius 2 is 2.20 bits per heavy atom. The lowest BCUT2D eigenvalue weighted by Crippen LogP contribution is -2.27. The van der Waals surface area contributed by atoms with E-state index >= 15 is 0 Å². The molecule has 0 fully saturated rings. The summed E-state index contributed by atoms with van der Waals surface area (Å²) >= 11 is 0. The molecule has 0 heterocycles. The lowest BCUT2D eigenvalue weighted by Gasteiger charge is -2.05. The van der Waals surface area contributed by atoms with Crippen LogP contribution in [-0.2, 0) is 14.3 Å². The lowest BCUT2D eigenvalue weighted by atomic mass is 10.4. The van der Waals surface area contributed by atoms with E-state index in [0.29, 0.717) is 45.7 Å². The molecular weight excluding hydrogens is 198 g/mol. The molecule has 0 unspecified atom stereocenters. The van der Waals surface area contributed by atoms with Crippen molar-refractivity contribution in [3.8, 4) is 0 Å². The van der Waals surface area contributed by atoms with Gasteiger partial charge in [0.25, 0.3) is 0 Å². The molecule has 0 atom stereocenters. The third-order valence-electron chi connectivity index (χ3n) is 1.65. The van der Waals surface area contributed by atoms with Crippen LogP contribution in [0.4, 0.5) is 0 Å². The number of hydrogen-bond acceptors (Lipinski definition) is 4. The average molecular weight is 223 g/mol. The highest BCUT2D eigenvalue weighted by atomic mass is 16.5. The van der Waals surface area contributed by atoms with Gasteiger partial charge in [-0.2, -0.15) is 0 Å². The van der Waals surface area contributed by atoms with Crippen molar-refractivity contribution in [2.75, 3.05) is 32.8 Å². The molecule has 0 aromatic heterocycles. The maximum Gasteiger partial charge on any atom is 0.222 e. The van der Waals surface area contributed by atoms with Crippen LogP contribution in [0.1, 0.15) is 17.1 Å². The number of nitrogens with one attached hydrogen (secondary N) is 2. The largest absolute Gasteiger partial charge is 0.379 e. The van der Waals surface area contributed by atoms with E-state index < -0.39 is 0 Å². The number of rotatable bonds is 10. The molecule has 0 rings (SSSR count). The maximum absolute atomic E-state index is 11.1. The highest BCUT2D eigenvalue weighted by Gasteiger charge is 1.99. The van der Waals surface area contributed by atoms with Gasteiger partial charge in [-0.25, -0.2) is 0 Å². The lowest BCUT2D eigenvalue weighted by molar-refractivity contribution is -0.122. The van der Waals surface area contributed by atoms with E-state index in [4.69, 9.17) is 10.5 Å². The van der Waals surface area contributed by atoms with Crippen LogP contribution in [-0.4, -0.2) is 45.2 Å². The van der Waals surface area contributed by atoms with Gasteiger partial charge in [0, 0.05) is 23.8 Å². The van der Waals surface area contributed by atoms with Crippen LogP contribution in [0, 0.1) is 0 Å². The highest BCUT2D eigenvalue weighted by molar-refractivity contribution is 5.75. The van der Waals surface area contributed by atoms with Crippen LogP contribution < -0.4 is 16.4 Å². The Morgan fingerprint density at radius 1 is 1.40 bits per heavy atom. The molecular formula is C9H25N3O3. The van der Waals surface area contributed by atoms with Crippen LogP contribution >= 0.6 is 0 Å². The molecule has 4 N–H and O–H groups in total. The average Bonchev–Trinajstić information content (AvgIpc) is 2.23. The molecule has 0 aliphatic carbocycles. The van der Waals surface area contributed by atoms with Crippen LogP contribution in [0.3, 0.4) is 0 Å². The molecule has 0 aliphatic heterocycles. The Morgan fingerprint density at radius 3 is 2.87 bits per heavy atom. The first kappa shape index (κ1) is 13.9. The van der Waals surface area contributed by atoms with E-state index in [1.165, 1.54) is 0 Å². The molecule has 0 saturated heterocycles. The summed E-state index contributed by atoms with van der Waals surface area (Å²) in [5.74, 6) is -0.0354. The Hall–Kier alpha value is -1.14. The van der Waals surface area contributed by atoms with Gasteiger partial charge in [0.1, 0.15) is 0 Å². The van der Waals surface area contributed by atoms with E-state index in [0.717, 1.165) is 6.42 Å². The molecule has 0 aromatic rings. The SMILES string of the molecule is NCCCNC(=O)CCOCCNC=O.[HH].[HH].[HH]. The minimum atomic E-state index is -0.0354. The number of ether oxygens (including phenoxy) is 1. The van der Waals surface area contributed by atoms with Crippen molar-refractivity contribution >= 4 is 12.3 Å². The summed E-state index contributed by atoms with van der Waals surface area (Å²) < 4.78 is 5.11. The second-order valence-electron chi connectivity index (χ2n) is 2.93. The molecule has 0 bridgehead atoms. The molecule has 6 heteroatoms. The van der Waals surface area contributed by atoms with Gasteiger partial charge in [0.05, 0.1) is 13.2 Å². The number of nitrogens with two attached hydrogens (primary N) is 1. The van der Waals surface area contributed by atoms with Gasteiger partial charge in [-0.15, -0.1) is 0 Å². The number of hydrogen-bond donors (Lipinski definition) is 3. The van der Waals surface area contributed by atoms with E-state index in [-0.39, 0.29) is 10.2 Å². The fourth-order valence-electron chi connectivity index (χ4n) is 0.875. The first-order valence-electron chi connectivity index (χ1n) is 5.02. The van der Waals surface area contributed by atoms with Gasteiger partial charge >= 0.3 is 0 Å².